The van der Waals surface area contributed by atoms with Crippen LogP contribution in [-0.2, 0) is 13.6 Å². The van der Waals surface area contributed by atoms with Gasteiger partial charge in [0.2, 0.25) is 0 Å². The van der Waals surface area contributed by atoms with Crippen LogP contribution in [0.2, 0.25) is 0 Å². The zero-order valence-electron chi connectivity index (χ0n) is 12.7. The highest BCUT2D eigenvalue weighted by molar-refractivity contribution is 9.09. The maximum Gasteiger partial charge on any atom is 0.472 e. The molecule has 0 rings (SSSR count). The van der Waals surface area contributed by atoms with Gasteiger partial charge in [0.15, 0.2) is 0 Å². The van der Waals surface area contributed by atoms with Gasteiger partial charge in [-0.25, -0.2) is 4.57 Å². The topological polar surface area (TPSA) is 55.8 Å². The third-order valence-corrected chi connectivity index (χ3v) is 4.61. The van der Waals surface area contributed by atoms with Crippen molar-refractivity contribution in [3.05, 3.63) is 0 Å². The van der Waals surface area contributed by atoms with E-state index < -0.39 is 7.82 Å². The van der Waals surface area contributed by atoms with Crippen LogP contribution in [0.3, 0.4) is 0 Å². The fraction of sp³-hybridized carbons (Fsp3) is 1.00. The van der Waals surface area contributed by atoms with Crippen LogP contribution in [-0.4, -0.2) is 23.4 Å². The van der Waals surface area contributed by atoms with Crippen molar-refractivity contribution >= 4 is 23.8 Å². The number of halogens is 1. The minimum Gasteiger partial charge on any atom is -0.302 e. The molecule has 0 aromatic carbocycles. The molecular weight excluding hydrogens is 343 g/mol. The van der Waals surface area contributed by atoms with Crippen LogP contribution in [0.25, 0.3) is 0 Å². The number of hydrogen-bond acceptors (Lipinski definition) is 3. The molecule has 0 aromatic heterocycles. The Bertz CT molecular complexity index is 251. The monoisotopic (exact) mass is 372 g/mol. The van der Waals surface area contributed by atoms with E-state index in [9.17, 15) is 9.46 Å². The predicted molar refractivity (Wildman–Crippen MR) is 87.4 cm³/mol. The number of hydrogen-bond donors (Lipinski definition) is 1. The SMILES string of the molecule is CCCCCCCCCOP(=O)(O)OCCCCCBr. The van der Waals surface area contributed by atoms with E-state index in [-0.39, 0.29) is 6.61 Å². The molecule has 0 heterocycles. The third kappa shape index (κ3) is 15.0. The number of rotatable bonds is 15. The predicted octanol–water partition coefficient (Wildman–Crippen LogP) is 5.44. The summed E-state index contributed by atoms with van der Waals surface area (Å²) < 4.78 is 21.4. The molecule has 0 fully saturated rings. The smallest absolute Gasteiger partial charge is 0.302 e. The molecule has 1 unspecified atom stereocenters. The van der Waals surface area contributed by atoms with Gasteiger partial charge in [-0.3, -0.25) is 9.05 Å². The largest absolute Gasteiger partial charge is 0.472 e. The molecule has 0 aliphatic heterocycles. The quantitative estimate of drug-likeness (QED) is 0.236. The lowest BCUT2D eigenvalue weighted by Crippen LogP contribution is -1.99. The summed E-state index contributed by atoms with van der Waals surface area (Å²) in [6.45, 7) is 2.80. The maximum absolute atomic E-state index is 11.5. The highest BCUT2D eigenvalue weighted by Gasteiger charge is 2.19. The zero-order valence-corrected chi connectivity index (χ0v) is 15.2. The first-order valence-corrected chi connectivity index (χ1v) is 10.4. The minimum atomic E-state index is -3.82. The van der Waals surface area contributed by atoms with E-state index in [0.717, 1.165) is 37.4 Å². The molecule has 0 bridgehead atoms. The molecule has 0 aromatic rings. The summed E-state index contributed by atoms with van der Waals surface area (Å²) in [6.07, 6.45) is 11.0. The van der Waals surface area contributed by atoms with E-state index in [1.807, 2.05) is 0 Å². The fourth-order valence-corrected chi connectivity index (χ4v) is 3.02. The molecule has 0 radical (unpaired) electrons. The highest BCUT2D eigenvalue weighted by Crippen LogP contribution is 2.43. The first-order chi connectivity index (χ1) is 9.62. The second-order valence-corrected chi connectivity index (χ2v) is 7.25. The molecule has 6 heteroatoms. The van der Waals surface area contributed by atoms with Crippen LogP contribution >= 0.6 is 23.8 Å². The molecule has 0 amide bonds. The Morgan fingerprint density at radius 3 is 1.80 bits per heavy atom. The summed E-state index contributed by atoms with van der Waals surface area (Å²) in [4.78, 5) is 9.45. The highest BCUT2D eigenvalue weighted by atomic mass is 79.9. The zero-order chi connectivity index (χ0) is 15.1. The van der Waals surface area contributed by atoms with Gasteiger partial charge in [0.25, 0.3) is 0 Å². The van der Waals surface area contributed by atoms with Crippen LogP contribution in [0.1, 0.15) is 71.1 Å². The first-order valence-electron chi connectivity index (χ1n) is 7.80. The van der Waals surface area contributed by atoms with Gasteiger partial charge in [0.05, 0.1) is 13.2 Å². The van der Waals surface area contributed by atoms with Crippen molar-refractivity contribution in [2.24, 2.45) is 0 Å². The van der Waals surface area contributed by atoms with Crippen molar-refractivity contribution in [1.82, 2.24) is 0 Å². The lowest BCUT2D eigenvalue weighted by atomic mass is 10.1. The van der Waals surface area contributed by atoms with Crippen LogP contribution in [0.5, 0.6) is 0 Å². The third-order valence-electron chi connectivity index (χ3n) is 3.03. The van der Waals surface area contributed by atoms with E-state index in [1.54, 1.807) is 0 Å². The molecule has 0 saturated heterocycles. The average molecular weight is 373 g/mol. The van der Waals surface area contributed by atoms with Crippen molar-refractivity contribution in [1.29, 1.82) is 0 Å². The van der Waals surface area contributed by atoms with Crippen LogP contribution in [0.4, 0.5) is 0 Å². The Kier molecular flexibility index (Phi) is 15.0. The summed E-state index contributed by atoms with van der Waals surface area (Å²) in [6, 6.07) is 0. The van der Waals surface area contributed by atoms with Crippen LogP contribution < -0.4 is 0 Å². The summed E-state index contributed by atoms with van der Waals surface area (Å²) in [7, 11) is -3.82. The average Bonchev–Trinajstić information content (AvgIpc) is 2.41. The molecule has 0 spiro atoms. The van der Waals surface area contributed by atoms with Crippen molar-refractivity contribution in [2.45, 2.75) is 71.1 Å². The number of phosphoric acid groups is 1. The molecule has 4 nitrogen and oxygen atoms in total. The van der Waals surface area contributed by atoms with Gasteiger partial charge in [-0.1, -0.05) is 67.8 Å². The van der Waals surface area contributed by atoms with Gasteiger partial charge in [-0.15, -0.1) is 0 Å². The number of unbranched alkanes of at least 4 members (excludes halogenated alkanes) is 8. The lowest BCUT2D eigenvalue weighted by Gasteiger charge is -2.11. The maximum atomic E-state index is 11.5. The molecule has 0 aliphatic rings. The van der Waals surface area contributed by atoms with E-state index >= 15 is 0 Å². The number of phosphoric ester groups is 1. The van der Waals surface area contributed by atoms with Crippen molar-refractivity contribution < 1.29 is 18.5 Å². The Labute approximate surface area is 132 Å². The minimum absolute atomic E-state index is 0.289. The molecule has 1 N–H and O–H groups in total. The number of alkyl halides is 1. The fourth-order valence-electron chi connectivity index (χ4n) is 1.83. The van der Waals surface area contributed by atoms with Gasteiger partial charge in [-0.2, -0.15) is 0 Å². The van der Waals surface area contributed by atoms with E-state index in [2.05, 4.69) is 22.9 Å². The molecule has 122 valence electrons. The Morgan fingerprint density at radius 2 is 1.30 bits per heavy atom. The second-order valence-electron chi connectivity index (χ2n) is 5.01. The van der Waals surface area contributed by atoms with Gasteiger partial charge in [0.1, 0.15) is 0 Å². The molecule has 0 saturated carbocycles. The van der Waals surface area contributed by atoms with Gasteiger partial charge in [-0.05, 0) is 19.3 Å². The molecule has 1 atom stereocenters. The van der Waals surface area contributed by atoms with Gasteiger partial charge < -0.3 is 4.89 Å². The standard InChI is InChI=1S/C14H30BrO4P/c1-2-3-4-5-6-7-10-13-18-20(16,17)19-14-11-8-9-12-15/h2-14H2,1H3,(H,16,17). The van der Waals surface area contributed by atoms with Crippen molar-refractivity contribution in [3.63, 3.8) is 0 Å². The first kappa shape index (κ1) is 20.6. The van der Waals surface area contributed by atoms with Crippen LogP contribution in [0.15, 0.2) is 0 Å². The molecular formula is C14H30BrO4P. The summed E-state index contributed by atoms with van der Waals surface area (Å²) in [5.41, 5.74) is 0. The summed E-state index contributed by atoms with van der Waals surface area (Å²) >= 11 is 3.34. The summed E-state index contributed by atoms with van der Waals surface area (Å²) in [5, 5.41) is 0.957. The van der Waals surface area contributed by atoms with Crippen molar-refractivity contribution in [3.8, 4) is 0 Å². The Hall–Kier alpha value is 0.590. The summed E-state index contributed by atoms with van der Waals surface area (Å²) in [5.74, 6) is 0. The van der Waals surface area contributed by atoms with Crippen LogP contribution in [0, 0.1) is 0 Å². The van der Waals surface area contributed by atoms with E-state index in [1.165, 1.54) is 32.1 Å². The van der Waals surface area contributed by atoms with E-state index in [4.69, 9.17) is 9.05 Å². The van der Waals surface area contributed by atoms with E-state index in [0.29, 0.717) is 6.61 Å². The van der Waals surface area contributed by atoms with Gasteiger partial charge >= 0.3 is 7.82 Å². The Morgan fingerprint density at radius 1 is 0.850 bits per heavy atom. The molecule has 0 aliphatic carbocycles. The molecule has 20 heavy (non-hydrogen) atoms. The lowest BCUT2D eigenvalue weighted by molar-refractivity contribution is 0.145. The second kappa shape index (κ2) is 14.5. The normalized spacial score (nSPS) is 14.3. The Balaban J connectivity index is 3.36. The van der Waals surface area contributed by atoms with Crippen molar-refractivity contribution in [2.75, 3.05) is 18.5 Å². The van der Waals surface area contributed by atoms with Gasteiger partial charge in [0, 0.05) is 5.33 Å².